The van der Waals surface area contributed by atoms with Gasteiger partial charge in [-0.05, 0) is 36.8 Å². The van der Waals surface area contributed by atoms with Crippen molar-refractivity contribution in [3.05, 3.63) is 71.2 Å². The number of para-hydroxylation sites is 1. The van der Waals surface area contributed by atoms with E-state index >= 15 is 0 Å². The maximum absolute atomic E-state index is 12.3. The second kappa shape index (κ2) is 8.46. The number of nitrogens with one attached hydrogen (secondary N) is 2. The number of thiazole rings is 1. The summed E-state index contributed by atoms with van der Waals surface area (Å²) in [4.78, 5) is 27.5. The summed E-state index contributed by atoms with van der Waals surface area (Å²) in [5, 5.41) is 7.49. The van der Waals surface area contributed by atoms with Crippen molar-refractivity contribution in [1.29, 1.82) is 0 Å². The first-order valence-corrected chi connectivity index (χ1v) is 9.26. The van der Waals surface area contributed by atoms with Crippen LogP contribution >= 0.6 is 11.3 Å². The Hall–Kier alpha value is -3.19. The Bertz CT molecular complexity index is 923. The average molecular weight is 381 g/mol. The lowest BCUT2D eigenvalue weighted by Gasteiger charge is -2.14. The van der Waals surface area contributed by atoms with Crippen LogP contribution in [0.2, 0.25) is 0 Å². The number of amides is 2. The van der Waals surface area contributed by atoms with Gasteiger partial charge in [-0.1, -0.05) is 30.3 Å². The van der Waals surface area contributed by atoms with Crippen LogP contribution in [0.1, 0.15) is 35.9 Å². The van der Waals surface area contributed by atoms with Gasteiger partial charge in [-0.25, -0.2) is 4.98 Å². The minimum Gasteiger partial charge on any atom is -0.457 e. The van der Waals surface area contributed by atoms with Crippen molar-refractivity contribution in [2.24, 2.45) is 0 Å². The first-order valence-electron chi connectivity index (χ1n) is 8.38. The second-order valence-electron chi connectivity index (χ2n) is 5.90. The van der Waals surface area contributed by atoms with Gasteiger partial charge in [-0.3, -0.25) is 9.59 Å². The van der Waals surface area contributed by atoms with Crippen LogP contribution in [0.15, 0.2) is 60.0 Å². The third-order valence-electron chi connectivity index (χ3n) is 3.73. The summed E-state index contributed by atoms with van der Waals surface area (Å²) >= 11 is 1.21. The molecule has 0 spiro atoms. The summed E-state index contributed by atoms with van der Waals surface area (Å²) in [5.41, 5.74) is 1.22. The van der Waals surface area contributed by atoms with Gasteiger partial charge in [-0.15, -0.1) is 11.3 Å². The SMILES string of the molecule is CC(=O)Nc1nc(C(=O)NC(C)c2ccc(Oc3ccccc3)cc2)cs1. The number of hydrogen-bond acceptors (Lipinski definition) is 5. The summed E-state index contributed by atoms with van der Waals surface area (Å²) < 4.78 is 5.77. The Morgan fingerprint density at radius 2 is 1.70 bits per heavy atom. The van der Waals surface area contributed by atoms with Crippen LogP contribution in [0, 0.1) is 0 Å². The van der Waals surface area contributed by atoms with Gasteiger partial charge in [0.2, 0.25) is 5.91 Å². The van der Waals surface area contributed by atoms with Crippen molar-refractivity contribution in [3.63, 3.8) is 0 Å². The molecule has 0 radical (unpaired) electrons. The zero-order valence-electron chi connectivity index (χ0n) is 14.9. The van der Waals surface area contributed by atoms with E-state index in [1.807, 2.05) is 61.5 Å². The predicted octanol–water partition coefficient (Wildman–Crippen LogP) is 4.38. The van der Waals surface area contributed by atoms with Crippen molar-refractivity contribution in [2.45, 2.75) is 19.9 Å². The van der Waals surface area contributed by atoms with Gasteiger partial charge >= 0.3 is 0 Å². The molecule has 27 heavy (non-hydrogen) atoms. The summed E-state index contributed by atoms with van der Waals surface area (Å²) in [6.07, 6.45) is 0. The van der Waals surface area contributed by atoms with Crippen LogP contribution in [0.5, 0.6) is 11.5 Å². The van der Waals surface area contributed by atoms with Crippen LogP contribution in [0.25, 0.3) is 0 Å². The van der Waals surface area contributed by atoms with Crippen molar-refractivity contribution in [1.82, 2.24) is 10.3 Å². The van der Waals surface area contributed by atoms with Gasteiger partial charge < -0.3 is 15.4 Å². The highest BCUT2D eigenvalue weighted by atomic mass is 32.1. The number of ether oxygens (including phenoxy) is 1. The van der Waals surface area contributed by atoms with Crippen LogP contribution in [0.3, 0.4) is 0 Å². The van der Waals surface area contributed by atoms with Crippen molar-refractivity contribution in [2.75, 3.05) is 5.32 Å². The summed E-state index contributed by atoms with van der Waals surface area (Å²) in [6, 6.07) is 16.9. The van der Waals surface area contributed by atoms with E-state index in [9.17, 15) is 9.59 Å². The highest BCUT2D eigenvalue weighted by molar-refractivity contribution is 7.14. The van der Waals surface area contributed by atoms with E-state index in [0.717, 1.165) is 17.1 Å². The molecule has 6 nitrogen and oxygen atoms in total. The zero-order valence-corrected chi connectivity index (χ0v) is 15.7. The van der Waals surface area contributed by atoms with Crippen molar-refractivity contribution < 1.29 is 14.3 Å². The van der Waals surface area contributed by atoms with E-state index in [2.05, 4.69) is 15.6 Å². The summed E-state index contributed by atoms with van der Waals surface area (Å²) in [5.74, 6) is 0.982. The van der Waals surface area contributed by atoms with Crippen LogP contribution in [-0.2, 0) is 4.79 Å². The highest BCUT2D eigenvalue weighted by Crippen LogP contribution is 2.23. The van der Waals surface area contributed by atoms with Crippen molar-refractivity contribution in [3.8, 4) is 11.5 Å². The third kappa shape index (κ3) is 5.15. The minimum absolute atomic E-state index is 0.200. The van der Waals surface area contributed by atoms with E-state index in [1.54, 1.807) is 5.38 Å². The molecule has 138 valence electrons. The first-order chi connectivity index (χ1) is 13.0. The van der Waals surface area contributed by atoms with Gasteiger partial charge in [0.15, 0.2) is 5.13 Å². The largest absolute Gasteiger partial charge is 0.457 e. The number of hydrogen-bond donors (Lipinski definition) is 2. The minimum atomic E-state index is -0.292. The van der Waals surface area contributed by atoms with Gasteiger partial charge in [0.05, 0.1) is 6.04 Å². The van der Waals surface area contributed by atoms with Gasteiger partial charge in [0.25, 0.3) is 5.91 Å². The van der Waals surface area contributed by atoms with E-state index in [-0.39, 0.29) is 23.6 Å². The molecular formula is C20H19N3O3S. The lowest BCUT2D eigenvalue weighted by molar-refractivity contribution is -0.114. The number of nitrogens with zero attached hydrogens (tertiary/aromatic N) is 1. The standard InChI is InChI=1S/C20H19N3O3S/c1-13(21-19(25)18-12-27-20(23-18)22-14(2)24)15-8-10-17(11-9-15)26-16-6-4-3-5-7-16/h3-13H,1-2H3,(H,21,25)(H,22,23,24). The maximum Gasteiger partial charge on any atom is 0.271 e. The number of anilines is 1. The Morgan fingerprint density at radius 3 is 2.37 bits per heavy atom. The molecule has 1 atom stereocenters. The molecule has 1 unspecified atom stereocenters. The van der Waals surface area contributed by atoms with E-state index in [1.165, 1.54) is 18.3 Å². The Balaban J connectivity index is 1.60. The molecule has 0 bridgehead atoms. The van der Waals surface area contributed by atoms with E-state index in [4.69, 9.17) is 4.74 Å². The molecule has 1 heterocycles. The fourth-order valence-electron chi connectivity index (χ4n) is 2.39. The second-order valence-corrected chi connectivity index (χ2v) is 6.76. The fourth-order valence-corrected chi connectivity index (χ4v) is 3.13. The number of rotatable bonds is 6. The molecule has 3 aromatic rings. The highest BCUT2D eigenvalue weighted by Gasteiger charge is 2.15. The smallest absolute Gasteiger partial charge is 0.271 e. The average Bonchev–Trinajstić information content (AvgIpc) is 3.11. The predicted molar refractivity (Wildman–Crippen MR) is 105 cm³/mol. The summed E-state index contributed by atoms with van der Waals surface area (Å²) in [7, 11) is 0. The lowest BCUT2D eigenvalue weighted by Crippen LogP contribution is -2.26. The van der Waals surface area contributed by atoms with Crippen molar-refractivity contribution >= 4 is 28.3 Å². The molecule has 0 aliphatic heterocycles. The molecule has 0 saturated heterocycles. The van der Waals surface area contributed by atoms with Gasteiger partial charge in [0.1, 0.15) is 17.2 Å². The number of benzene rings is 2. The molecule has 2 N–H and O–H groups in total. The quantitative estimate of drug-likeness (QED) is 0.664. The fraction of sp³-hybridized carbons (Fsp3) is 0.150. The lowest BCUT2D eigenvalue weighted by atomic mass is 10.1. The molecule has 0 fully saturated rings. The topological polar surface area (TPSA) is 80.3 Å². The van der Waals surface area contributed by atoms with Crippen LogP contribution in [0.4, 0.5) is 5.13 Å². The molecule has 1 aromatic heterocycles. The monoisotopic (exact) mass is 381 g/mol. The Labute approximate surface area is 161 Å². The number of carbonyl (C=O) groups is 2. The zero-order chi connectivity index (χ0) is 19.2. The summed E-state index contributed by atoms with van der Waals surface area (Å²) in [6.45, 7) is 3.29. The van der Waals surface area contributed by atoms with Crippen LogP contribution in [-0.4, -0.2) is 16.8 Å². The number of carbonyl (C=O) groups excluding carboxylic acids is 2. The first kappa shape index (κ1) is 18.6. The molecule has 2 amide bonds. The van der Waals surface area contributed by atoms with Gasteiger partial charge in [-0.2, -0.15) is 0 Å². The molecule has 7 heteroatoms. The molecule has 0 aliphatic rings. The molecule has 3 rings (SSSR count). The molecule has 2 aromatic carbocycles. The van der Waals surface area contributed by atoms with Crippen LogP contribution < -0.4 is 15.4 Å². The maximum atomic E-state index is 12.3. The van der Waals surface area contributed by atoms with E-state index < -0.39 is 0 Å². The van der Waals surface area contributed by atoms with Gasteiger partial charge in [0, 0.05) is 12.3 Å². The third-order valence-corrected chi connectivity index (χ3v) is 4.48. The molecule has 0 aliphatic carbocycles. The molecule has 0 saturated carbocycles. The Morgan fingerprint density at radius 1 is 1.04 bits per heavy atom. The van der Waals surface area contributed by atoms with E-state index in [0.29, 0.717) is 5.13 Å². The normalized spacial score (nSPS) is 11.5. The number of aromatic nitrogens is 1. The molecular weight excluding hydrogens is 362 g/mol. The Kier molecular flexibility index (Phi) is 5.83.